The highest BCUT2D eigenvalue weighted by molar-refractivity contribution is 7.98. The highest BCUT2D eigenvalue weighted by Gasteiger charge is 2.16. The van der Waals surface area contributed by atoms with Gasteiger partial charge in [0.05, 0.1) is 14.2 Å². The third-order valence-electron chi connectivity index (χ3n) is 4.68. The zero-order chi connectivity index (χ0) is 22.5. The van der Waals surface area contributed by atoms with E-state index >= 15 is 0 Å². The van der Waals surface area contributed by atoms with Gasteiger partial charge in [-0.1, -0.05) is 23.9 Å². The molecule has 1 aliphatic heterocycles. The van der Waals surface area contributed by atoms with E-state index in [1.54, 1.807) is 38.5 Å². The lowest BCUT2D eigenvalue weighted by Gasteiger charge is -2.12. The molecule has 0 aliphatic carbocycles. The number of fused-ring (bicyclic) bond motifs is 1. The highest BCUT2D eigenvalue weighted by atomic mass is 32.2. The van der Waals surface area contributed by atoms with Crippen molar-refractivity contribution in [2.75, 3.05) is 26.3 Å². The van der Waals surface area contributed by atoms with Crippen LogP contribution >= 0.6 is 11.8 Å². The van der Waals surface area contributed by atoms with Crippen molar-refractivity contribution in [1.29, 1.82) is 0 Å². The Labute approximate surface area is 189 Å². The maximum absolute atomic E-state index is 13.1. The second kappa shape index (κ2) is 9.65. The lowest BCUT2D eigenvalue weighted by atomic mass is 10.2. The largest absolute Gasteiger partial charge is 0.493 e. The molecule has 10 heteroatoms. The summed E-state index contributed by atoms with van der Waals surface area (Å²) in [5, 5.41) is 11.9. The number of nitrogens with zero attached hydrogens (tertiary/aromatic N) is 3. The van der Waals surface area contributed by atoms with Gasteiger partial charge in [-0.25, -0.2) is 0 Å². The van der Waals surface area contributed by atoms with E-state index < -0.39 is 0 Å². The first-order chi connectivity index (χ1) is 15.6. The van der Waals surface area contributed by atoms with Gasteiger partial charge >= 0.3 is 0 Å². The van der Waals surface area contributed by atoms with Crippen LogP contribution in [0.4, 0.5) is 11.5 Å². The number of anilines is 2. The maximum atomic E-state index is 13.1. The van der Waals surface area contributed by atoms with Gasteiger partial charge < -0.3 is 24.3 Å². The van der Waals surface area contributed by atoms with Crippen LogP contribution in [0.5, 0.6) is 23.0 Å². The second-order valence-corrected chi connectivity index (χ2v) is 7.65. The lowest BCUT2D eigenvalue weighted by Crippen LogP contribution is -2.26. The third-order valence-corrected chi connectivity index (χ3v) is 5.71. The standard InChI is InChI=1S/C22H22N4O5S/c1-4-9-26-21(27)20(23-15-6-8-17-19(11-15)31-13-30-17)24-25-22(26)32-12-14-5-7-16(28-2)18(10-14)29-3/h4-8,10-11H,1,9,12-13H2,2-3H3,(H,23,24). The summed E-state index contributed by atoms with van der Waals surface area (Å²) in [7, 11) is 3.18. The Bertz CT molecular complexity index is 1200. The number of rotatable bonds is 9. The fourth-order valence-electron chi connectivity index (χ4n) is 3.11. The molecule has 9 nitrogen and oxygen atoms in total. The van der Waals surface area contributed by atoms with Crippen molar-refractivity contribution in [2.45, 2.75) is 17.5 Å². The molecule has 1 aromatic heterocycles. The van der Waals surface area contributed by atoms with Crippen molar-refractivity contribution in [2.24, 2.45) is 0 Å². The second-order valence-electron chi connectivity index (χ2n) is 6.71. The summed E-state index contributed by atoms with van der Waals surface area (Å²) in [6, 6.07) is 11.0. The summed E-state index contributed by atoms with van der Waals surface area (Å²) in [6.45, 7) is 4.23. The minimum absolute atomic E-state index is 0.112. The predicted molar refractivity (Wildman–Crippen MR) is 121 cm³/mol. The van der Waals surface area contributed by atoms with Crippen LogP contribution in [0.25, 0.3) is 0 Å². The Morgan fingerprint density at radius 2 is 1.94 bits per heavy atom. The molecule has 0 spiro atoms. The van der Waals surface area contributed by atoms with Gasteiger partial charge in [0.2, 0.25) is 12.6 Å². The Morgan fingerprint density at radius 1 is 1.12 bits per heavy atom. The van der Waals surface area contributed by atoms with Crippen molar-refractivity contribution in [3.63, 3.8) is 0 Å². The van der Waals surface area contributed by atoms with E-state index in [2.05, 4.69) is 22.1 Å². The molecule has 32 heavy (non-hydrogen) atoms. The molecule has 0 atom stereocenters. The number of hydrogen-bond donors (Lipinski definition) is 1. The number of ether oxygens (including phenoxy) is 4. The summed E-state index contributed by atoms with van der Waals surface area (Å²) >= 11 is 1.40. The van der Waals surface area contributed by atoms with Gasteiger partial charge in [0.1, 0.15) is 0 Å². The fraction of sp³-hybridized carbons (Fsp3) is 0.227. The van der Waals surface area contributed by atoms with Crippen LogP contribution in [0, 0.1) is 0 Å². The van der Waals surface area contributed by atoms with Crippen molar-refractivity contribution >= 4 is 23.3 Å². The summed E-state index contributed by atoms with van der Waals surface area (Å²) in [5.74, 6) is 3.25. The minimum Gasteiger partial charge on any atom is -0.493 e. The van der Waals surface area contributed by atoms with E-state index in [1.165, 1.54) is 16.3 Å². The quantitative estimate of drug-likeness (QED) is 0.384. The fourth-order valence-corrected chi connectivity index (χ4v) is 4.00. The molecule has 3 aromatic rings. The monoisotopic (exact) mass is 454 g/mol. The van der Waals surface area contributed by atoms with Gasteiger partial charge in [0, 0.05) is 24.1 Å². The van der Waals surface area contributed by atoms with E-state index in [1.807, 2.05) is 18.2 Å². The van der Waals surface area contributed by atoms with Crippen LogP contribution < -0.4 is 29.8 Å². The average Bonchev–Trinajstić information content (AvgIpc) is 3.29. The molecule has 2 aromatic carbocycles. The summed E-state index contributed by atoms with van der Waals surface area (Å²) in [5.41, 5.74) is 1.35. The molecule has 0 unspecified atom stereocenters. The smallest absolute Gasteiger partial charge is 0.297 e. The van der Waals surface area contributed by atoms with Crippen molar-refractivity contribution in [1.82, 2.24) is 14.8 Å². The van der Waals surface area contributed by atoms with E-state index in [0.717, 1.165) is 5.56 Å². The Hall–Kier alpha value is -3.66. The van der Waals surface area contributed by atoms with E-state index in [9.17, 15) is 4.79 Å². The van der Waals surface area contributed by atoms with Gasteiger partial charge in [0.15, 0.2) is 28.2 Å². The van der Waals surface area contributed by atoms with Crippen LogP contribution in [-0.4, -0.2) is 35.8 Å². The van der Waals surface area contributed by atoms with Gasteiger partial charge in [0.25, 0.3) is 5.56 Å². The number of aromatic nitrogens is 3. The molecular weight excluding hydrogens is 432 g/mol. The van der Waals surface area contributed by atoms with E-state index in [0.29, 0.717) is 46.1 Å². The first-order valence-corrected chi connectivity index (χ1v) is 10.7. The SMILES string of the molecule is C=CCn1c(SCc2ccc(OC)c(OC)c2)nnc(Nc2ccc3c(c2)OCO3)c1=O. The maximum Gasteiger partial charge on any atom is 0.297 e. The molecule has 0 bridgehead atoms. The number of methoxy groups -OCH3 is 2. The van der Waals surface area contributed by atoms with Crippen LogP contribution in [-0.2, 0) is 12.3 Å². The normalized spacial score (nSPS) is 11.8. The summed E-state index contributed by atoms with van der Waals surface area (Å²) < 4.78 is 22.8. The first-order valence-electron chi connectivity index (χ1n) is 9.71. The Balaban J connectivity index is 1.55. The van der Waals surface area contributed by atoms with Gasteiger partial charge in [-0.2, -0.15) is 0 Å². The minimum atomic E-state index is -0.299. The number of benzene rings is 2. The topological polar surface area (TPSA) is 96.7 Å². The molecule has 0 amide bonds. The zero-order valence-electron chi connectivity index (χ0n) is 17.7. The Kier molecular flexibility index (Phi) is 6.50. The molecule has 166 valence electrons. The van der Waals surface area contributed by atoms with E-state index in [4.69, 9.17) is 18.9 Å². The number of thioether (sulfide) groups is 1. The zero-order valence-corrected chi connectivity index (χ0v) is 18.5. The number of hydrogen-bond acceptors (Lipinski definition) is 9. The predicted octanol–water partition coefficient (Wildman–Crippen LogP) is 3.61. The van der Waals surface area contributed by atoms with Crippen molar-refractivity contribution in [3.05, 3.63) is 65.0 Å². The van der Waals surface area contributed by atoms with Crippen LogP contribution in [0.1, 0.15) is 5.56 Å². The average molecular weight is 455 g/mol. The molecule has 1 N–H and O–H groups in total. The van der Waals surface area contributed by atoms with Crippen LogP contribution in [0.3, 0.4) is 0 Å². The molecule has 4 rings (SSSR count). The Morgan fingerprint density at radius 3 is 2.72 bits per heavy atom. The highest BCUT2D eigenvalue weighted by Crippen LogP contribution is 2.35. The molecule has 0 radical (unpaired) electrons. The van der Waals surface area contributed by atoms with Gasteiger partial charge in [-0.3, -0.25) is 9.36 Å². The van der Waals surface area contributed by atoms with Gasteiger partial charge in [-0.05, 0) is 29.8 Å². The van der Waals surface area contributed by atoms with Gasteiger partial charge in [-0.15, -0.1) is 16.8 Å². The first kappa shape index (κ1) is 21.6. The van der Waals surface area contributed by atoms with Crippen molar-refractivity contribution < 1.29 is 18.9 Å². The van der Waals surface area contributed by atoms with Crippen LogP contribution in [0.15, 0.2) is 59.0 Å². The lowest BCUT2D eigenvalue weighted by molar-refractivity contribution is 0.174. The molecular formula is C22H22N4O5S. The molecule has 0 saturated heterocycles. The number of nitrogens with one attached hydrogen (secondary N) is 1. The molecule has 0 saturated carbocycles. The van der Waals surface area contributed by atoms with Crippen LogP contribution in [0.2, 0.25) is 0 Å². The van der Waals surface area contributed by atoms with Crippen molar-refractivity contribution in [3.8, 4) is 23.0 Å². The number of allylic oxidation sites excluding steroid dienone is 1. The summed E-state index contributed by atoms with van der Waals surface area (Å²) in [4.78, 5) is 13.1. The van der Waals surface area contributed by atoms with E-state index in [-0.39, 0.29) is 18.2 Å². The third kappa shape index (κ3) is 4.50. The molecule has 2 heterocycles. The molecule has 0 fully saturated rings. The summed E-state index contributed by atoms with van der Waals surface area (Å²) in [6.07, 6.45) is 1.65. The molecule has 1 aliphatic rings.